The van der Waals surface area contributed by atoms with Crippen LogP contribution in [0, 0.1) is 5.92 Å². The minimum atomic E-state index is -0.121. The van der Waals surface area contributed by atoms with Gasteiger partial charge in [0.15, 0.2) is 0 Å². The molecular formula is C16H23N3O3S. The topological polar surface area (TPSA) is 71.5 Å². The van der Waals surface area contributed by atoms with Gasteiger partial charge in [0.05, 0.1) is 10.9 Å². The van der Waals surface area contributed by atoms with Crippen molar-refractivity contribution in [3.8, 4) is 0 Å². The van der Waals surface area contributed by atoms with Gasteiger partial charge in [0.25, 0.3) is 0 Å². The van der Waals surface area contributed by atoms with Gasteiger partial charge in [0.1, 0.15) is 6.61 Å². The highest BCUT2D eigenvalue weighted by molar-refractivity contribution is 7.99. The lowest BCUT2D eigenvalue weighted by atomic mass is 9.97. The first-order valence-electron chi connectivity index (χ1n) is 7.79. The molecule has 2 amide bonds. The molecule has 1 atom stereocenters. The van der Waals surface area contributed by atoms with Gasteiger partial charge >= 0.3 is 0 Å². The third-order valence-corrected chi connectivity index (χ3v) is 4.65. The van der Waals surface area contributed by atoms with Crippen molar-refractivity contribution < 1.29 is 14.3 Å². The van der Waals surface area contributed by atoms with E-state index in [0.717, 1.165) is 23.6 Å². The number of pyridine rings is 1. The molecule has 126 valence electrons. The van der Waals surface area contributed by atoms with Crippen LogP contribution in [0.5, 0.6) is 0 Å². The summed E-state index contributed by atoms with van der Waals surface area (Å²) in [5.74, 6) is 0.642. The lowest BCUT2D eigenvalue weighted by Gasteiger charge is -2.31. The highest BCUT2D eigenvalue weighted by atomic mass is 32.2. The zero-order valence-corrected chi connectivity index (χ0v) is 14.2. The molecule has 1 aliphatic heterocycles. The molecule has 2 rings (SSSR count). The molecule has 0 saturated carbocycles. The molecule has 1 aromatic rings. The van der Waals surface area contributed by atoms with Crippen molar-refractivity contribution in [1.29, 1.82) is 0 Å². The molecule has 1 aromatic heterocycles. The van der Waals surface area contributed by atoms with Crippen LogP contribution in [0.25, 0.3) is 0 Å². The van der Waals surface area contributed by atoms with Crippen LogP contribution in [0.15, 0.2) is 29.4 Å². The van der Waals surface area contributed by atoms with Gasteiger partial charge in [-0.1, -0.05) is 6.07 Å². The Morgan fingerprint density at radius 3 is 3.09 bits per heavy atom. The van der Waals surface area contributed by atoms with Gasteiger partial charge in [0.2, 0.25) is 11.8 Å². The van der Waals surface area contributed by atoms with Crippen LogP contribution in [0.4, 0.5) is 0 Å². The molecule has 1 fully saturated rings. The van der Waals surface area contributed by atoms with Crippen LogP contribution < -0.4 is 5.32 Å². The molecule has 7 heteroatoms. The Labute approximate surface area is 141 Å². The van der Waals surface area contributed by atoms with Crippen molar-refractivity contribution in [2.24, 2.45) is 5.92 Å². The van der Waals surface area contributed by atoms with Crippen LogP contribution in [-0.2, 0) is 14.3 Å². The fourth-order valence-corrected chi connectivity index (χ4v) is 3.26. The average Bonchev–Trinajstić information content (AvgIpc) is 2.60. The number of carbonyl (C=O) groups excluding carboxylic acids is 2. The lowest BCUT2D eigenvalue weighted by molar-refractivity contribution is -0.138. The summed E-state index contributed by atoms with van der Waals surface area (Å²) in [6.07, 6.45) is 3.45. The predicted octanol–water partition coefficient (Wildman–Crippen LogP) is 1.17. The first kappa shape index (κ1) is 17.7. The summed E-state index contributed by atoms with van der Waals surface area (Å²) in [5.41, 5.74) is 0. The van der Waals surface area contributed by atoms with Gasteiger partial charge in [-0.15, -0.1) is 11.8 Å². The molecular weight excluding hydrogens is 314 g/mol. The first-order chi connectivity index (χ1) is 11.2. The summed E-state index contributed by atoms with van der Waals surface area (Å²) in [6.45, 7) is 1.88. The number of likely N-dealkylation sites (tertiary alicyclic amines) is 1. The van der Waals surface area contributed by atoms with Crippen molar-refractivity contribution in [3.05, 3.63) is 24.4 Å². The number of nitrogens with one attached hydrogen (secondary N) is 1. The zero-order chi connectivity index (χ0) is 16.5. The van der Waals surface area contributed by atoms with Gasteiger partial charge < -0.3 is 15.0 Å². The molecule has 0 spiro atoms. The summed E-state index contributed by atoms with van der Waals surface area (Å²) in [6, 6.07) is 5.78. The van der Waals surface area contributed by atoms with E-state index in [2.05, 4.69) is 10.3 Å². The Morgan fingerprint density at radius 2 is 2.35 bits per heavy atom. The van der Waals surface area contributed by atoms with E-state index in [0.29, 0.717) is 19.6 Å². The monoisotopic (exact) mass is 337 g/mol. The second-order valence-electron chi connectivity index (χ2n) is 5.42. The number of ether oxygens (including phenoxy) is 1. The van der Waals surface area contributed by atoms with E-state index in [1.807, 2.05) is 18.2 Å². The molecule has 1 aliphatic rings. The number of aromatic nitrogens is 1. The molecule has 1 N–H and O–H groups in total. The minimum Gasteiger partial charge on any atom is -0.375 e. The SMILES string of the molecule is COCC(=O)N1CCCC(C(=O)NCCSc2ccccn2)C1. The maximum atomic E-state index is 12.2. The average molecular weight is 337 g/mol. The number of carbonyl (C=O) groups is 2. The number of nitrogens with zero attached hydrogens (tertiary/aromatic N) is 2. The summed E-state index contributed by atoms with van der Waals surface area (Å²) in [5, 5.41) is 3.91. The molecule has 1 unspecified atom stereocenters. The van der Waals surface area contributed by atoms with E-state index in [9.17, 15) is 9.59 Å². The van der Waals surface area contributed by atoms with Gasteiger partial charge in [-0.2, -0.15) is 0 Å². The second-order valence-corrected chi connectivity index (χ2v) is 6.53. The second kappa shape index (κ2) is 9.52. The molecule has 0 aliphatic carbocycles. The third-order valence-electron chi connectivity index (χ3n) is 3.70. The maximum absolute atomic E-state index is 12.2. The van der Waals surface area contributed by atoms with E-state index < -0.39 is 0 Å². The van der Waals surface area contributed by atoms with Crippen molar-refractivity contribution >= 4 is 23.6 Å². The normalized spacial score (nSPS) is 17.8. The van der Waals surface area contributed by atoms with Gasteiger partial charge in [-0.05, 0) is 25.0 Å². The first-order valence-corrected chi connectivity index (χ1v) is 8.77. The van der Waals surface area contributed by atoms with Crippen LogP contribution in [0.1, 0.15) is 12.8 Å². The number of hydrogen-bond acceptors (Lipinski definition) is 5. The van der Waals surface area contributed by atoms with E-state index in [-0.39, 0.29) is 24.3 Å². The fraction of sp³-hybridized carbons (Fsp3) is 0.562. The number of hydrogen-bond donors (Lipinski definition) is 1. The summed E-state index contributed by atoms with van der Waals surface area (Å²) in [4.78, 5) is 30.0. The van der Waals surface area contributed by atoms with Crippen molar-refractivity contribution in [2.75, 3.05) is 39.1 Å². The largest absolute Gasteiger partial charge is 0.375 e. The molecule has 1 saturated heterocycles. The summed E-state index contributed by atoms with van der Waals surface area (Å²) in [7, 11) is 1.51. The standard InChI is InChI=1S/C16H23N3O3S/c1-22-12-15(20)19-9-4-5-13(11-19)16(21)18-8-10-23-14-6-2-3-7-17-14/h2-3,6-7,13H,4-5,8-12H2,1H3,(H,18,21). The van der Waals surface area contributed by atoms with Crippen molar-refractivity contribution in [1.82, 2.24) is 15.2 Å². The summed E-state index contributed by atoms with van der Waals surface area (Å²) < 4.78 is 4.87. The van der Waals surface area contributed by atoms with Crippen molar-refractivity contribution in [3.63, 3.8) is 0 Å². The molecule has 2 heterocycles. The van der Waals surface area contributed by atoms with E-state index >= 15 is 0 Å². The summed E-state index contributed by atoms with van der Waals surface area (Å²) >= 11 is 1.61. The zero-order valence-electron chi connectivity index (χ0n) is 13.4. The highest BCUT2D eigenvalue weighted by Gasteiger charge is 2.27. The van der Waals surface area contributed by atoms with Gasteiger partial charge in [0, 0.05) is 38.7 Å². The lowest BCUT2D eigenvalue weighted by Crippen LogP contribution is -2.46. The third kappa shape index (κ3) is 5.84. The minimum absolute atomic E-state index is 0.0292. The quantitative estimate of drug-likeness (QED) is 0.597. The Bertz CT molecular complexity index is 513. The Morgan fingerprint density at radius 1 is 1.48 bits per heavy atom. The molecule has 0 aromatic carbocycles. The molecule has 6 nitrogen and oxygen atoms in total. The van der Waals surface area contributed by atoms with Gasteiger partial charge in [-0.25, -0.2) is 4.98 Å². The molecule has 0 radical (unpaired) electrons. The van der Waals surface area contributed by atoms with E-state index in [1.54, 1.807) is 22.9 Å². The smallest absolute Gasteiger partial charge is 0.248 e. The van der Waals surface area contributed by atoms with E-state index in [4.69, 9.17) is 4.74 Å². The maximum Gasteiger partial charge on any atom is 0.248 e. The van der Waals surface area contributed by atoms with Crippen LogP contribution in [0.2, 0.25) is 0 Å². The number of methoxy groups -OCH3 is 1. The highest BCUT2D eigenvalue weighted by Crippen LogP contribution is 2.17. The number of amides is 2. The number of piperidine rings is 1. The van der Waals surface area contributed by atoms with Crippen molar-refractivity contribution in [2.45, 2.75) is 17.9 Å². The van der Waals surface area contributed by atoms with Gasteiger partial charge in [-0.3, -0.25) is 9.59 Å². The van der Waals surface area contributed by atoms with E-state index in [1.165, 1.54) is 7.11 Å². The van der Waals surface area contributed by atoms with Crippen LogP contribution in [-0.4, -0.2) is 60.8 Å². The molecule has 0 bridgehead atoms. The Hall–Kier alpha value is -1.60. The Balaban J connectivity index is 1.69. The number of thioether (sulfide) groups is 1. The fourth-order valence-electron chi connectivity index (χ4n) is 2.54. The van der Waals surface area contributed by atoms with Crippen LogP contribution >= 0.6 is 11.8 Å². The predicted molar refractivity (Wildman–Crippen MR) is 89.2 cm³/mol. The number of rotatable bonds is 7. The Kier molecular flexibility index (Phi) is 7.35. The van der Waals surface area contributed by atoms with Crippen LogP contribution in [0.3, 0.4) is 0 Å². The molecule has 23 heavy (non-hydrogen) atoms.